The van der Waals surface area contributed by atoms with E-state index in [0.29, 0.717) is 29.4 Å². The van der Waals surface area contributed by atoms with Gasteiger partial charge in [-0.15, -0.1) is 0 Å². The second kappa shape index (κ2) is 12.8. The lowest BCUT2D eigenvalue weighted by Gasteiger charge is -2.12. The van der Waals surface area contributed by atoms with Gasteiger partial charge in [0.2, 0.25) is 11.8 Å². The van der Waals surface area contributed by atoms with E-state index < -0.39 is 17.8 Å². The molecule has 2 amide bonds. The highest BCUT2D eigenvalue weighted by Crippen LogP contribution is 2.28. The Balaban J connectivity index is 1.91. The average molecular weight is 456 g/mol. The Hall–Kier alpha value is -3.88. The van der Waals surface area contributed by atoms with Gasteiger partial charge in [0, 0.05) is 5.69 Å². The van der Waals surface area contributed by atoms with Gasteiger partial charge in [-0.05, 0) is 63.1 Å². The standard InChI is InChI=1S/C24H29N3O6/c1-5-31-21-12-18(8-10-20(21)33-15-24(30)32-6-2)14-25-27-23(29)13-22(28)26-19-9-7-16(3)11-17(19)4/h7-12,14H,5-6,13,15H2,1-4H3,(H,26,28)(H,27,29). The van der Waals surface area contributed by atoms with Crippen LogP contribution in [0.4, 0.5) is 5.69 Å². The molecule has 0 aliphatic rings. The van der Waals surface area contributed by atoms with Crippen molar-refractivity contribution in [1.29, 1.82) is 0 Å². The second-order valence-electron chi connectivity index (χ2n) is 7.07. The lowest BCUT2D eigenvalue weighted by molar-refractivity contribution is -0.145. The monoisotopic (exact) mass is 455 g/mol. The predicted molar refractivity (Wildman–Crippen MR) is 125 cm³/mol. The van der Waals surface area contributed by atoms with Crippen LogP contribution < -0.4 is 20.2 Å². The molecule has 0 saturated carbocycles. The van der Waals surface area contributed by atoms with Crippen LogP contribution >= 0.6 is 0 Å². The number of nitrogens with zero attached hydrogens (tertiary/aromatic N) is 1. The summed E-state index contributed by atoms with van der Waals surface area (Å²) in [4.78, 5) is 35.6. The van der Waals surface area contributed by atoms with Gasteiger partial charge in [0.15, 0.2) is 18.1 Å². The molecule has 2 aromatic rings. The van der Waals surface area contributed by atoms with E-state index in [9.17, 15) is 14.4 Å². The first-order chi connectivity index (χ1) is 15.8. The number of anilines is 1. The van der Waals surface area contributed by atoms with Crippen molar-refractivity contribution in [2.45, 2.75) is 34.1 Å². The van der Waals surface area contributed by atoms with Crippen molar-refractivity contribution in [3.05, 3.63) is 53.1 Å². The van der Waals surface area contributed by atoms with Gasteiger partial charge in [-0.2, -0.15) is 5.10 Å². The first-order valence-corrected chi connectivity index (χ1v) is 10.6. The minimum atomic E-state index is -0.548. The molecule has 0 aromatic heterocycles. The lowest BCUT2D eigenvalue weighted by atomic mass is 10.1. The SMILES string of the molecule is CCOC(=O)COc1ccc(C=NNC(=O)CC(=O)Nc2ccc(C)cc2C)cc1OCC. The minimum absolute atomic E-state index is 0.235. The van der Waals surface area contributed by atoms with Crippen LogP contribution in [0.25, 0.3) is 0 Å². The van der Waals surface area contributed by atoms with Crippen molar-refractivity contribution in [3.63, 3.8) is 0 Å². The zero-order valence-corrected chi connectivity index (χ0v) is 19.3. The maximum atomic E-state index is 12.1. The number of amides is 2. The Kier molecular flexibility index (Phi) is 9.88. The smallest absolute Gasteiger partial charge is 0.344 e. The first-order valence-electron chi connectivity index (χ1n) is 10.6. The van der Waals surface area contributed by atoms with Gasteiger partial charge in [0.1, 0.15) is 6.42 Å². The summed E-state index contributed by atoms with van der Waals surface area (Å²) in [6.07, 6.45) is 1.05. The fourth-order valence-electron chi connectivity index (χ4n) is 2.84. The molecule has 0 aliphatic carbocycles. The van der Waals surface area contributed by atoms with E-state index in [1.807, 2.05) is 32.9 Å². The summed E-state index contributed by atoms with van der Waals surface area (Å²) < 4.78 is 15.8. The van der Waals surface area contributed by atoms with Crippen LogP contribution in [-0.2, 0) is 19.1 Å². The van der Waals surface area contributed by atoms with Crippen molar-refractivity contribution < 1.29 is 28.6 Å². The maximum Gasteiger partial charge on any atom is 0.344 e. The van der Waals surface area contributed by atoms with Crippen LogP contribution in [-0.4, -0.2) is 43.8 Å². The number of hydrogen-bond donors (Lipinski definition) is 2. The molecule has 0 aliphatic heterocycles. The number of carbonyl (C=O) groups excluding carboxylic acids is 3. The number of hydrazone groups is 1. The molecule has 0 spiro atoms. The van der Waals surface area contributed by atoms with E-state index in [-0.39, 0.29) is 19.6 Å². The van der Waals surface area contributed by atoms with Crippen molar-refractivity contribution >= 4 is 29.7 Å². The molecule has 0 fully saturated rings. The van der Waals surface area contributed by atoms with Gasteiger partial charge in [-0.25, -0.2) is 10.2 Å². The largest absolute Gasteiger partial charge is 0.490 e. The summed E-state index contributed by atoms with van der Waals surface area (Å²) in [6, 6.07) is 10.6. The van der Waals surface area contributed by atoms with Gasteiger partial charge in [-0.1, -0.05) is 17.7 Å². The van der Waals surface area contributed by atoms with Crippen LogP contribution in [0, 0.1) is 13.8 Å². The molecule has 2 rings (SSSR count). The van der Waals surface area contributed by atoms with E-state index in [4.69, 9.17) is 14.2 Å². The third-order valence-electron chi connectivity index (χ3n) is 4.30. The predicted octanol–water partition coefficient (Wildman–Crippen LogP) is 3.12. The van der Waals surface area contributed by atoms with Crippen LogP contribution in [0.1, 0.15) is 37.0 Å². The molecular weight excluding hydrogens is 426 g/mol. The first kappa shape index (κ1) is 25.4. The molecule has 0 bridgehead atoms. The Morgan fingerprint density at radius 2 is 1.73 bits per heavy atom. The van der Waals surface area contributed by atoms with Gasteiger partial charge in [0.25, 0.3) is 0 Å². The summed E-state index contributed by atoms with van der Waals surface area (Å²) in [5, 5.41) is 6.60. The summed E-state index contributed by atoms with van der Waals surface area (Å²) in [7, 11) is 0. The third kappa shape index (κ3) is 8.64. The molecular formula is C24H29N3O6. The molecule has 0 heterocycles. The molecule has 0 atom stereocenters. The molecule has 2 N–H and O–H groups in total. The highest BCUT2D eigenvalue weighted by Gasteiger charge is 2.11. The van der Waals surface area contributed by atoms with Gasteiger partial charge >= 0.3 is 5.97 Å². The maximum absolute atomic E-state index is 12.1. The second-order valence-corrected chi connectivity index (χ2v) is 7.07. The number of benzene rings is 2. The van der Waals surface area contributed by atoms with Crippen LogP contribution in [0.3, 0.4) is 0 Å². The molecule has 176 valence electrons. The van der Waals surface area contributed by atoms with Gasteiger partial charge in [-0.3, -0.25) is 9.59 Å². The summed E-state index contributed by atoms with van der Waals surface area (Å²) in [6.45, 7) is 7.81. The summed E-state index contributed by atoms with van der Waals surface area (Å²) >= 11 is 0. The third-order valence-corrected chi connectivity index (χ3v) is 4.30. The van der Waals surface area contributed by atoms with E-state index >= 15 is 0 Å². The lowest BCUT2D eigenvalue weighted by Crippen LogP contribution is -2.24. The highest BCUT2D eigenvalue weighted by atomic mass is 16.6. The summed E-state index contributed by atoms with van der Waals surface area (Å²) in [5.41, 5.74) is 5.62. The van der Waals surface area contributed by atoms with Crippen molar-refractivity contribution in [3.8, 4) is 11.5 Å². The topological polar surface area (TPSA) is 115 Å². The van der Waals surface area contributed by atoms with Gasteiger partial charge < -0.3 is 19.5 Å². The van der Waals surface area contributed by atoms with E-state index in [1.165, 1.54) is 6.21 Å². The number of hydrogen-bond acceptors (Lipinski definition) is 7. The van der Waals surface area contributed by atoms with Gasteiger partial charge in [0.05, 0.1) is 19.4 Å². The molecule has 0 radical (unpaired) electrons. The van der Waals surface area contributed by atoms with Crippen LogP contribution in [0.5, 0.6) is 11.5 Å². The highest BCUT2D eigenvalue weighted by molar-refractivity contribution is 6.04. The molecule has 9 heteroatoms. The van der Waals surface area contributed by atoms with E-state index in [0.717, 1.165) is 11.1 Å². The Morgan fingerprint density at radius 3 is 2.42 bits per heavy atom. The van der Waals surface area contributed by atoms with Crippen LogP contribution in [0.15, 0.2) is 41.5 Å². The van der Waals surface area contributed by atoms with Crippen molar-refractivity contribution in [1.82, 2.24) is 5.43 Å². The quantitative estimate of drug-likeness (QED) is 0.233. The van der Waals surface area contributed by atoms with Crippen molar-refractivity contribution in [2.75, 3.05) is 25.1 Å². The Morgan fingerprint density at radius 1 is 0.939 bits per heavy atom. The number of nitrogens with one attached hydrogen (secondary N) is 2. The van der Waals surface area contributed by atoms with Crippen molar-refractivity contribution in [2.24, 2.45) is 5.10 Å². The average Bonchev–Trinajstić information content (AvgIpc) is 2.75. The number of rotatable bonds is 11. The molecule has 0 saturated heterocycles. The normalized spacial score (nSPS) is 10.5. The fraction of sp³-hybridized carbons (Fsp3) is 0.333. The van der Waals surface area contributed by atoms with Crippen LogP contribution in [0.2, 0.25) is 0 Å². The molecule has 9 nitrogen and oxygen atoms in total. The number of aryl methyl sites for hydroxylation is 2. The summed E-state index contributed by atoms with van der Waals surface area (Å²) in [5.74, 6) is -0.654. The number of ether oxygens (including phenoxy) is 3. The van der Waals surface area contributed by atoms with E-state index in [1.54, 1.807) is 31.2 Å². The Labute approximate surface area is 193 Å². The zero-order valence-electron chi connectivity index (χ0n) is 19.3. The van der Waals surface area contributed by atoms with E-state index in [2.05, 4.69) is 15.8 Å². The molecule has 0 unspecified atom stereocenters. The minimum Gasteiger partial charge on any atom is -0.490 e. The fourth-order valence-corrected chi connectivity index (χ4v) is 2.84. The molecule has 33 heavy (non-hydrogen) atoms. The number of carbonyl (C=O) groups is 3. The Bertz CT molecular complexity index is 1020. The zero-order chi connectivity index (χ0) is 24.2. The molecule has 2 aromatic carbocycles. The number of esters is 1.